The number of ether oxygens (including phenoxy) is 1. The zero-order valence-electron chi connectivity index (χ0n) is 12.1. The highest BCUT2D eigenvalue weighted by Crippen LogP contribution is 2.14. The summed E-state index contributed by atoms with van der Waals surface area (Å²) in [5.41, 5.74) is 1.55. The largest absolute Gasteiger partial charge is 0.473 e. The third-order valence-electron chi connectivity index (χ3n) is 2.84. The van der Waals surface area contributed by atoms with Crippen LogP contribution in [0.4, 0.5) is 11.4 Å². The molecule has 2 aromatic rings. The molecule has 2 rings (SSSR count). The van der Waals surface area contributed by atoms with E-state index in [1.165, 1.54) is 12.1 Å². The van der Waals surface area contributed by atoms with Crippen LogP contribution in [0, 0.1) is 17.0 Å². The predicted molar refractivity (Wildman–Crippen MR) is 79.0 cm³/mol. The summed E-state index contributed by atoms with van der Waals surface area (Å²) < 4.78 is 9.88. The molecule has 0 aliphatic heterocycles. The Balaban J connectivity index is 1.55. The lowest BCUT2D eigenvalue weighted by Crippen LogP contribution is -2.26. The molecule has 9 nitrogen and oxygen atoms in total. The SMILES string of the molecule is Cc1nonc1OCCNCCNc1ccc([N+](=O)[O-])cc1. The van der Waals surface area contributed by atoms with Crippen molar-refractivity contribution in [3.8, 4) is 5.88 Å². The Hall–Kier alpha value is -2.68. The topological polar surface area (TPSA) is 115 Å². The van der Waals surface area contributed by atoms with Crippen LogP contribution in [0.2, 0.25) is 0 Å². The van der Waals surface area contributed by atoms with Crippen molar-refractivity contribution in [2.45, 2.75) is 6.92 Å². The van der Waals surface area contributed by atoms with Gasteiger partial charge in [0, 0.05) is 37.5 Å². The van der Waals surface area contributed by atoms with E-state index in [4.69, 9.17) is 4.74 Å². The van der Waals surface area contributed by atoms with Crippen molar-refractivity contribution in [1.82, 2.24) is 15.6 Å². The van der Waals surface area contributed by atoms with Gasteiger partial charge in [-0.2, -0.15) is 0 Å². The maximum Gasteiger partial charge on any atom is 0.278 e. The van der Waals surface area contributed by atoms with Crippen molar-refractivity contribution in [3.63, 3.8) is 0 Å². The highest BCUT2D eigenvalue weighted by atomic mass is 16.6. The number of aryl methyl sites for hydroxylation is 1. The Morgan fingerprint density at radius 2 is 2.00 bits per heavy atom. The van der Waals surface area contributed by atoms with Crippen molar-refractivity contribution in [1.29, 1.82) is 0 Å². The number of nitrogens with one attached hydrogen (secondary N) is 2. The van der Waals surface area contributed by atoms with Gasteiger partial charge in [-0.3, -0.25) is 10.1 Å². The Labute approximate surface area is 126 Å². The second-order valence-electron chi connectivity index (χ2n) is 4.48. The average Bonchev–Trinajstić information content (AvgIpc) is 2.92. The molecule has 9 heteroatoms. The molecule has 0 bridgehead atoms. The average molecular weight is 307 g/mol. The maximum atomic E-state index is 10.5. The van der Waals surface area contributed by atoms with Crippen LogP contribution >= 0.6 is 0 Å². The van der Waals surface area contributed by atoms with Crippen LogP contribution < -0.4 is 15.4 Å². The van der Waals surface area contributed by atoms with Gasteiger partial charge in [-0.25, -0.2) is 4.63 Å². The molecule has 1 aromatic carbocycles. The minimum atomic E-state index is -0.419. The number of rotatable bonds is 9. The number of nitro benzene ring substituents is 1. The number of benzene rings is 1. The molecule has 0 fully saturated rings. The van der Waals surface area contributed by atoms with Crippen LogP contribution in [0.15, 0.2) is 28.9 Å². The summed E-state index contributed by atoms with van der Waals surface area (Å²) in [5.74, 6) is 0.408. The lowest BCUT2D eigenvalue weighted by atomic mass is 10.3. The first-order valence-electron chi connectivity index (χ1n) is 6.78. The van der Waals surface area contributed by atoms with Gasteiger partial charge in [0.05, 0.1) is 4.92 Å². The molecule has 1 heterocycles. The fourth-order valence-corrected chi connectivity index (χ4v) is 1.70. The number of nitrogens with zero attached hydrogens (tertiary/aromatic N) is 3. The van der Waals surface area contributed by atoms with Crippen LogP contribution in [-0.4, -0.2) is 41.5 Å². The van der Waals surface area contributed by atoms with E-state index in [1.54, 1.807) is 19.1 Å². The van der Waals surface area contributed by atoms with Gasteiger partial charge in [-0.15, -0.1) is 0 Å². The first-order valence-corrected chi connectivity index (χ1v) is 6.78. The summed E-state index contributed by atoms with van der Waals surface area (Å²) in [6.07, 6.45) is 0. The Kier molecular flexibility index (Phi) is 5.66. The zero-order chi connectivity index (χ0) is 15.8. The van der Waals surface area contributed by atoms with Gasteiger partial charge in [-0.05, 0) is 24.2 Å². The fraction of sp³-hybridized carbons (Fsp3) is 0.385. The lowest BCUT2D eigenvalue weighted by molar-refractivity contribution is -0.384. The molecule has 0 radical (unpaired) electrons. The van der Waals surface area contributed by atoms with Crippen LogP contribution in [0.1, 0.15) is 5.69 Å². The summed E-state index contributed by atoms with van der Waals surface area (Å²) in [4.78, 5) is 10.1. The maximum absolute atomic E-state index is 10.5. The number of anilines is 1. The van der Waals surface area contributed by atoms with E-state index in [1.807, 2.05) is 0 Å². The van der Waals surface area contributed by atoms with E-state index in [0.717, 1.165) is 12.2 Å². The van der Waals surface area contributed by atoms with Gasteiger partial charge >= 0.3 is 0 Å². The van der Waals surface area contributed by atoms with E-state index < -0.39 is 4.92 Å². The molecular formula is C13H17N5O4. The molecule has 118 valence electrons. The van der Waals surface area contributed by atoms with Crippen molar-refractivity contribution in [3.05, 3.63) is 40.1 Å². The number of non-ortho nitro benzene ring substituents is 1. The third kappa shape index (κ3) is 4.70. The monoisotopic (exact) mass is 307 g/mol. The number of nitro groups is 1. The van der Waals surface area contributed by atoms with Gasteiger partial charge in [0.2, 0.25) is 0 Å². The highest BCUT2D eigenvalue weighted by molar-refractivity contribution is 5.48. The molecule has 22 heavy (non-hydrogen) atoms. The molecule has 0 amide bonds. The third-order valence-corrected chi connectivity index (χ3v) is 2.84. The van der Waals surface area contributed by atoms with Gasteiger partial charge in [0.25, 0.3) is 11.6 Å². The number of hydrogen-bond donors (Lipinski definition) is 2. The second kappa shape index (κ2) is 7.93. The van der Waals surface area contributed by atoms with E-state index in [9.17, 15) is 10.1 Å². The molecule has 0 atom stereocenters. The van der Waals surface area contributed by atoms with Crippen molar-refractivity contribution in [2.24, 2.45) is 0 Å². The molecule has 0 aliphatic rings. The van der Waals surface area contributed by atoms with E-state index >= 15 is 0 Å². The quantitative estimate of drug-likeness (QED) is 0.405. The molecule has 2 N–H and O–H groups in total. The normalized spacial score (nSPS) is 10.4. The molecule has 1 aromatic heterocycles. The van der Waals surface area contributed by atoms with Gasteiger partial charge in [0.1, 0.15) is 12.3 Å². The molecule has 0 saturated carbocycles. The fourth-order valence-electron chi connectivity index (χ4n) is 1.70. The molecule has 0 saturated heterocycles. The first kappa shape index (κ1) is 15.7. The van der Waals surface area contributed by atoms with Gasteiger partial charge in [0.15, 0.2) is 0 Å². The molecule has 0 aliphatic carbocycles. The van der Waals surface area contributed by atoms with E-state index in [-0.39, 0.29) is 5.69 Å². The van der Waals surface area contributed by atoms with Crippen molar-refractivity contribution < 1.29 is 14.3 Å². The first-order chi connectivity index (χ1) is 10.7. The minimum absolute atomic E-state index is 0.0819. The summed E-state index contributed by atoms with van der Waals surface area (Å²) in [5, 5.41) is 24.1. The van der Waals surface area contributed by atoms with E-state index in [2.05, 4.69) is 25.6 Å². The van der Waals surface area contributed by atoms with Crippen LogP contribution in [-0.2, 0) is 0 Å². The number of hydrogen-bond acceptors (Lipinski definition) is 8. The highest BCUT2D eigenvalue weighted by Gasteiger charge is 2.05. The Morgan fingerprint density at radius 3 is 2.64 bits per heavy atom. The number of aromatic nitrogens is 2. The second-order valence-corrected chi connectivity index (χ2v) is 4.48. The molecule has 0 unspecified atom stereocenters. The van der Waals surface area contributed by atoms with Crippen LogP contribution in [0.5, 0.6) is 5.88 Å². The molecule has 0 spiro atoms. The predicted octanol–water partition coefficient (Wildman–Crippen LogP) is 1.37. The summed E-state index contributed by atoms with van der Waals surface area (Å²) in [7, 11) is 0. The minimum Gasteiger partial charge on any atom is -0.473 e. The van der Waals surface area contributed by atoms with E-state index in [0.29, 0.717) is 31.3 Å². The zero-order valence-corrected chi connectivity index (χ0v) is 12.1. The Bertz CT molecular complexity index is 599. The van der Waals surface area contributed by atoms with Crippen molar-refractivity contribution in [2.75, 3.05) is 31.6 Å². The molecular weight excluding hydrogens is 290 g/mol. The summed E-state index contributed by atoms with van der Waals surface area (Å²) in [6, 6.07) is 6.30. The van der Waals surface area contributed by atoms with Crippen molar-refractivity contribution >= 4 is 11.4 Å². The Morgan fingerprint density at radius 1 is 1.23 bits per heavy atom. The van der Waals surface area contributed by atoms with Gasteiger partial charge < -0.3 is 15.4 Å². The van der Waals surface area contributed by atoms with Crippen LogP contribution in [0.25, 0.3) is 0 Å². The summed E-state index contributed by atoms with van der Waals surface area (Å²) >= 11 is 0. The summed E-state index contributed by atoms with van der Waals surface area (Å²) in [6.45, 7) is 4.31. The lowest BCUT2D eigenvalue weighted by Gasteiger charge is -2.08. The van der Waals surface area contributed by atoms with Gasteiger partial charge in [-0.1, -0.05) is 5.16 Å². The van der Waals surface area contributed by atoms with Crippen LogP contribution in [0.3, 0.4) is 0 Å². The smallest absolute Gasteiger partial charge is 0.278 e. The standard InChI is InChI=1S/C13H17N5O4/c1-10-13(17-22-16-10)21-9-8-14-6-7-15-11-2-4-12(5-3-11)18(19)20/h2-5,14-15H,6-9H2,1H3.